The summed E-state index contributed by atoms with van der Waals surface area (Å²) in [5.41, 5.74) is 2.76. The molecule has 0 aliphatic carbocycles. The number of aryl methyl sites for hydroxylation is 1. The molecule has 0 atom stereocenters. The SMILES string of the molecule is COc1ccc(Sc2ccc(C(O)=[OH+])cc2-c2cc(C(=O)O)ccc2C)cc1. The third-order valence-electron chi connectivity index (χ3n) is 4.30. The van der Waals surface area contributed by atoms with Crippen molar-refractivity contribution in [3.05, 3.63) is 77.4 Å². The second-order valence-corrected chi connectivity index (χ2v) is 7.26. The minimum atomic E-state index is -1.02. The largest absolute Gasteiger partial charge is 0.515 e. The van der Waals surface area contributed by atoms with Gasteiger partial charge in [-0.25, -0.2) is 4.79 Å². The normalized spacial score (nSPS) is 10.5. The number of aliphatic hydroxyl groups excluding tert-OH is 1. The van der Waals surface area contributed by atoms with Crippen LogP contribution in [0.3, 0.4) is 0 Å². The summed E-state index contributed by atoms with van der Waals surface area (Å²) in [7, 11) is 1.61. The van der Waals surface area contributed by atoms with Crippen LogP contribution in [-0.2, 0) is 0 Å². The van der Waals surface area contributed by atoms with Crippen LogP contribution in [0.1, 0.15) is 21.5 Å². The number of hydrogen-bond donors (Lipinski definition) is 2. The van der Waals surface area contributed by atoms with Gasteiger partial charge in [-0.05, 0) is 78.2 Å². The molecule has 6 heteroatoms. The van der Waals surface area contributed by atoms with Crippen LogP contribution in [0, 0.1) is 6.92 Å². The number of carboxylic acids is 2. The van der Waals surface area contributed by atoms with E-state index in [9.17, 15) is 19.8 Å². The molecular formula is C22H19O5S+. The Hall–Kier alpha value is -3.25. The van der Waals surface area contributed by atoms with Crippen LogP contribution in [-0.4, -0.2) is 34.1 Å². The molecule has 0 heterocycles. The fraction of sp³-hybridized carbons (Fsp3) is 0.0909. The molecule has 3 N–H and O–H groups in total. The Labute approximate surface area is 166 Å². The Kier molecular flexibility index (Phi) is 5.70. The molecule has 0 fully saturated rings. The van der Waals surface area contributed by atoms with Crippen molar-refractivity contribution < 1.29 is 24.5 Å². The summed E-state index contributed by atoms with van der Waals surface area (Å²) < 4.78 is 5.18. The van der Waals surface area contributed by atoms with Crippen LogP contribution < -0.4 is 4.74 Å². The summed E-state index contributed by atoms with van der Waals surface area (Å²) in [5.74, 6) is -1.04. The molecule has 5 nitrogen and oxygen atoms in total. The lowest BCUT2D eigenvalue weighted by Crippen LogP contribution is -2.01. The highest BCUT2D eigenvalue weighted by atomic mass is 32.2. The summed E-state index contributed by atoms with van der Waals surface area (Å²) in [6.07, 6.45) is 0. The second kappa shape index (κ2) is 8.19. The lowest BCUT2D eigenvalue weighted by molar-refractivity contribution is 0.0697. The molecule has 3 aromatic rings. The lowest BCUT2D eigenvalue weighted by atomic mass is 9.96. The van der Waals surface area contributed by atoms with Gasteiger partial charge in [0.2, 0.25) is 0 Å². The molecule has 0 unspecified atom stereocenters. The first kappa shape index (κ1) is 19.5. The average Bonchev–Trinajstić information content (AvgIpc) is 2.69. The van der Waals surface area contributed by atoms with Crippen molar-refractivity contribution in [1.29, 1.82) is 0 Å². The van der Waals surface area contributed by atoms with Crippen LogP contribution in [0.5, 0.6) is 5.75 Å². The van der Waals surface area contributed by atoms with Gasteiger partial charge in [0.25, 0.3) is 0 Å². The number of carbonyl (C=O) groups is 1. The van der Waals surface area contributed by atoms with E-state index < -0.39 is 11.9 Å². The molecule has 0 aliphatic heterocycles. The minimum Gasteiger partial charge on any atom is -0.497 e. The van der Waals surface area contributed by atoms with Gasteiger partial charge < -0.3 is 19.7 Å². The van der Waals surface area contributed by atoms with Crippen LogP contribution in [0.15, 0.2) is 70.5 Å². The Balaban J connectivity index is 2.12. The maximum absolute atomic E-state index is 11.4. The summed E-state index contributed by atoms with van der Waals surface area (Å²) >= 11 is 1.50. The first-order valence-corrected chi connectivity index (χ1v) is 9.26. The zero-order chi connectivity index (χ0) is 20.3. The van der Waals surface area contributed by atoms with Crippen molar-refractivity contribution >= 4 is 23.7 Å². The summed E-state index contributed by atoms with van der Waals surface area (Å²) in [5, 5.41) is 18.8. The first-order valence-electron chi connectivity index (χ1n) is 8.44. The maximum atomic E-state index is 11.4. The second-order valence-electron chi connectivity index (χ2n) is 6.15. The Morgan fingerprint density at radius 3 is 2.18 bits per heavy atom. The Bertz CT molecular complexity index is 1040. The van der Waals surface area contributed by atoms with Crippen molar-refractivity contribution in [3.63, 3.8) is 0 Å². The smallest absolute Gasteiger partial charge is 0.497 e. The van der Waals surface area contributed by atoms with Gasteiger partial charge in [0, 0.05) is 9.79 Å². The van der Waals surface area contributed by atoms with Crippen LogP contribution in [0.4, 0.5) is 0 Å². The molecule has 0 saturated heterocycles. The molecular weight excluding hydrogens is 376 g/mol. The average molecular weight is 395 g/mol. The quantitative estimate of drug-likeness (QED) is 0.578. The number of benzene rings is 3. The third-order valence-corrected chi connectivity index (χ3v) is 5.38. The van der Waals surface area contributed by atoms with Crippen molar-refractivity contribution in [3.8, 4) is 16.9 Å². The van der Waals surface area contributed by atoms with E-state index in [1.165, 1.54) is 11.8 Å². The molecule has 0 aliphatic rings. The molecule has 3 aromatic carbocycles. The highest BCUT2D eigenvalue weighted by Gasteiger charge is 2.17. The van der Waals surface area contributed by atoms with Crippen molar-refractivity contribution in [1.82, 2.24) is 0 Å². The number of carboxylic acid groups (broad SMARTS) is 2. The van der Waals surface area contributed by atoms with Crippen LogP contribution in [0.25, 0.3) is 11.1 Å². The molecule has 0 aromatic heterocycles. The van der Waals surface area contributed by atoms with Gasteiger partial charge in [0.05, 0.1) is 12.7 Å². The number of aromatic carboxylic acids is 2. The predicted octanol–water partition coefficient (Wildman–Crippen LogP) is 4.93. The van der Waals surface area contributed by atoms with E-state index in [2.05, 4.69) is 0 Å². The van der Waals surface area contributed by atoms with Gasteiger partial charge in [-0.15, -0.1) is 0 Å². The fourth-order valence-electron chi connectivity index (χ4n) is 2.78. The minimum absolute atomic E-state index is 0.170. The first-order chi connectivity index (χ1) is 13.4. The summed E-state index contributed by atoms with van der Waals surface area (Å²) in [6, 6.07) is 17.5. The Morgan fingerprint density at radius 2 is 1.57 bits per heavy atom. The lowest BCUT2D eigenvalue weighted by Gasteiger charge is -2.13. The van der Waals surface area contributed by atoms with Crippen LogP contribution in [0.2, 0.25) is 0 Å². The number of rotatable bonds is 6. The van der Waals surface area contributed by atoms with Gasteiger partial charge >= 0.3 is 11.9 Å². The fourth-order valence-corrected chi connectivity index (χ4v) is 3.73. The molecule has 0 spiro atoms. The van der Waals surface area contributed by atoms with Crippen LogP contribution >= 0.6 is 11.8 Å². The van der Waals surface area contributed by atoms with E-state index in [-0.39, 0.29) is 11.1 Å². The number of hydrogen-bond acceptors (Lipinski definition) is 3. The van der Waals surface area contributed by atoms with E-state index in [0.717, 1.165) is 32.2 Å². The molecule has 0 amide bonds. The van der Waals surface area contributed by atoms with Crippen molar-refractivity contribution in [2.45, 2.75) is 16.7 Å². The van der Waals surface area contributed by atoms with Gasteiger partial charge in [0.15, 0.2) is 0 Å². The summed E-state index contributed by atoms with van der Waals surface area (Å²) in [6.45, 7) is 1.89. The standard InChI is InChI=1S/C22H18O5S/c1-13-3-4-14(21(23)24)11-18(13)19-12-15(22(25)26)5-10-20(19)28-17-8-6-16(27-2)7-9-17/h3-12H,1-2H3,(H,23,24)(H,25,26)/p+1. The van der Waals surface area contributed by atoms with E-state index >= 15 is 0 Å². The Morgan fingerprint density at radius 1 is 0.929 bits per heavy atom. The monoisotopic (exact) mass is 395 g/mol. The zero-order valence-electron chi connectivity index (χ0n) is 15.3. The molecule has 0 radical (unpaired) electrons. The predicted molar refractivity (Wildman–Crippen MR) is 109 cm³/mol. The van der Waals surface area contributed by atoms with Crippen molar-refractivity contribution in [2.75, 3.05) is 7.11 Å². The molecule has 28 heavy (non-hydrogen) atoms. The van der Waals surface area contributed by atoms with Gasteiger partial charge in [-0.2, -0.15) is 0 Å². The van der Waals surface area contributed by atoms with Gasteiger partial charge in [-0.1, -0.05) is 17.8 Å². The van der Waals surface area contributed by atoms with E-state index in [4.69, 9.17) is 4.74 Å². The summed E-state index contributed by atoms with van der Waals surface area (Å²) in [4.78, 5) is 22.7. The van der Waals surface area contributed by atoms with E-state index in [1.54, 1.807) is 43.5 Å². The van der Waals surface area contributed by atoms with E-state index in [1.807, 2.05) is 31.2 Å². The highest BCUT2D eigenvalue weighted by molar-refractivity contribution is 7.99. The number of ether oxygens (including phenoxy) is 1. The van der Waals surface area contributed by atoms with Crippen molar-refractivity contribution in [2.24, 2.45) is 0 Å². The molecule has 0 saturated carbocycles. The van der Waals surface area contributed by atoms with Gasteiger partial charge in [0.1, 0.15) is 11.3 Å². The topological polar surface area (TPSA) is 88.2 Å². The molecule has 0 bridgehead atoms. The maximum Gasteiger partial charge on any atom is 0.515 e. The highest BCUT2D eigenvalue weighted by Crippen LogP contribution is 2.38. The molecule has 3 rings (SSSR count). The van der Waals surface area contributed by atoms with E-state index in [0.29, 0.717) is 0 Å². The van der Waals surface area contributed by atoms with Gasteiger partial charge in [-0.3, -0.25) is 0 Å². The third kappa shape index (κ3) is 4.18. The molecule has 142 valence electrons. The number of methoxy groups -OCH3 is 1. The zero-order valence-corrected chi connectivity index (χ0v) is 16.2.